The summed E-state index contributed by atoms with van der Waals surface area (Å²) in [6.45, 7) is 15.6. The molecular formula is C38H46N4O9. The lowest BCUT2D eigenvalue weighted by molar-refractivity contribution is -0.162. The van der Waals surface area contributed by atoms with Crippen molar-refractivity contribution in [2.24, 2.45) is 5.10 Å². The van der Waals surface area contributed by atoms with Crippen molar-refractivity contribution < 1.29 is 44.0 Å². The molecule has 13 heteroatoms. The van der Waals surface area contributed by atoms with Gasteiger partial charge in [-0.15, -0.1) is 0 Å². The molecular weight excluding hydrogens is 656 g/mol. The number of hydrogen-bond acceptors (Lipinski definition) is 11. The Morgan fingerprint density at radius 1 is 1.04 bits per heavy atom. The van der Waals surface area contributed by atoms with Crippen molar-refractivity contribution in [3.05, 3.63) is 62.9 Å². The number of Topliss-reactive ketones (excluding diaryl/α,β-unsaturated/α-hetero) is 1. The highest BCUT2D eigenvalue weighted by Crippen LogP contribution is 2.45. The molecule has 1 atom stereocenters. The number of hydrazone groups is 1. The molecule has 5 rings (SSSR count). The number of fused-ring (bicyclic) bond motifs is 1. The number of benzene rings is 2. The lowest BCUT2D eigenvalue weighted by Gasteiger charge is -2.36. The van der Waals surface area contributed by atoms with Gasteiger partial charge in [-0.2, -0.15) is 5.10 Å². The van der Waals surface area contributed by atoms with Gasteiger partial charge in [-0.1, -0.05) is 0 Å². The average Bonchev–Trinajstić information content (AvgIpc) is 3.36. The highest BCUT2D eigenvalue weighted by molar-refractivity contribution is 6.44. The Morgan fingerprint density at radius 3 is 2.31 bits per heavy atom. The number of aromatic hydroxyl groups is 1. The number of nitrogens with one attached hydrogen (secondary N) is 1. The van der Waals surface area contributed by atoms with Gasteiger partial charge >= 0.3 is 5.97 Å². The van der Waals surface area contributed by atoms with Crippen LogP contribution in [0.4, 0.5) is 11.4 Å². The van der Waals surface area contributed by atoms with Crippen molar-refractivity contribution in [1.29, 1.82) is 0 Å². The summed E-state index contributed by atoms with van der Waals surface area (Å²) in [7, 11) is 0. The summed E-state index contributed by atoms with van der Waals surface area (Å²) in [5.41, 5.74) is 2.39. The zero-order valence-corrected chi connectivity index (χ0v) is 30.6. The highest BCUT2D eigenvalue weighted by Gasteiger charge is 2.46. The molecule has 0 aromatic heterocycles. The Bertz CT molecular complexity index is 1950. The van der Waals surface area contributed by atoms with Gasteiger partial charge in [0.15, 0.2) is 0 Å². The number of carbonyl (C=O) groups excluding carboxylic acids is 4. The fourth-order valence-electron chi connectivity index (χ4n) is 6.66. The number of allylic oxidation sites excluding steroid dienone is 2. The van der Waals surface area contributed by atoms with Crippen molar-refractivity contribution in [2.45, 2.75) is 86.3 Å². The number of rotatable bonds is 9. The number of phenols is 1. The van der Waals surface area contributed by atoms with E-state index < -0.39 is 34.7 Å². The molecule has 2 aliphatic heterocycles. The van der Waals surface area contributed by atoms with E-state index in [1.165, 1.54) is 11.9 Å². The molecule has 0 bridgehead atoms. The summed E-state index contributed by atoms with van der Waals surface area (Å²) >= 11 is 0. The predicted octanol–water partition coefficient (Wildman–Crippen LogP) is 4.57. The van der Waals surface area contributed by atoms with Crippen LogP contribution in [0.1, 0.15) is 75.8 Å². The van der Waals surface area contributed by atoms with Crippen LogP contribution in [0.2, 0.25) is 0 Å². The first-order valence-corrected chi connectivity index (χ1v) is 16.9. The van der Waals surface area contributed by atoms with Crippen molar-refractivity contribution >= 4 is 46.2 Å². The molecule has 2 heterocycles. The highest BCUT2D eigenvalue weighted by atomic mass is 16.6. The van der Waals surface area contributed by atoms with Gasteiger partial charge in [-0.25, -0.2) is 9.80 Å². The van der Waals surface area contributed by atoms with Gasteiger partial charge in [0.1, 0.15) is 23.9 Å². The Balaban J connectivity index is 1.36. The topological polar surface area (TPSA) is 178 Å². The van der Waals surface area contributed by atoms with Crippen molar-refractivity contribution in [2.75, 3.05) is 36.5 Å². The standard InChI is InChI=1S/C38H46N4O9/c1-19-20(2)34-25(21(3)31(19)45)12-13-38(9,51-34)36(49)50-17-15-41(14-16-43)24-10-11-26(27(18-24)39-23(5)44)29-32(46)30(33(29)47)28-22(4)40-42(35(28)48)37(6,7)8/h10-11,18,43,45-46H,12-17H2,1-9H3,(H,39,44)/b30-28-. The number of amides is 2. The summed E-state index contributed by atoms with van der Waals surface area (Å²) in [6, 6.07) is 4.84. The fourth-order valence-corrected chi connectivity index (χ4v) is 6.66. The van der Waals surface area contributed by atoms with Crippen LogP contribution in [0.5, 0.6) is 11.5 Å². The van der Waals surface area contributed by atoms with Crippen LogP contribution in [-0.4, -0.2) is 87.1 Å². The van der Waals surface area contributed by atoms with Gasteiger partial charge in [0.25, 0.3) is 5.91 Å². The number of phenolic OH excluding ortho intramolecular Hbond substituents is 1. The summed E-state index contributed by atoms with van der Waals surface area (Å²) < 4.78 is 12.0. The van der Waals surface area contributed by atoms with Gasteiger partial charge in [-0.3, -0.25) is 14.4 Å². The lowest BCUT2D eigenvalue weighted by atomic mass is 9.79. The molecule has 4 N–H and O–H groups in total. The molecule has 0 radical (unpaired) electrons. The van der Waals surface area contributed by atoms with E-state index in [0.29, 0.717) is 35.6 Å². The summed E-state index contributed by atoms with van der Waals surface area (Å²) in [4.78, 5) is 54.1. The predicted molar refractivity (Wildman–Crippen MR) is 192 cm³/mol. The summed E-state index contributed by atoms with van der Waals surface area (Å²) in [5.74, 6) is -1.57. The Kier molecular flexibility index (Phi) is 9.83. The van der Waals surface area contributed by atoms with Crippen LogP contribution < -0.4 is 15.0 Å². The number of ketones is 1. The molecule has 0 saturated heterocycles. The summed E-state index contributed by atoms with van der Waals surface area (Å²) in [5, 5.41) is 39.8. The number of carbonyl (C=O) groups is 4. The SMILES string of the molecule is CC(=O)Nc1cc(N(CCO)CCOC(=O)C2(C)CCc3c(C)c(O)c(C)c(C)c3O2)ccc1C1=C(O)/C(=C2/C(=O)N(C(C)(C)C)N=C2C)C1=O. The second-order valence-electron chi connectivity index (χ2n) is 14.4. The van der Waals surface area contributed by atoms with E-state index >= 15 is 0 Å². The molecule has 0 spiro atoms. The maximum absolute atomic E-state index is 13.5. The monoisotopic (exact) mass is 702 g/mol. The zero-order chi connectivity index (χ0) is 37.7. The Hall–Kier alpha value is -5.17. The molecule has 1 aliphatic carbocycles. The molecule has 272 valence electrons. The molecule has 2 aromatic rings. The number of anilines is 2. The van der Waals surface area contributed by atoms with Crippen LogP contribution in [0.25, 0.3) is 5.57 Å². The van der Waals surface area contributed by atoms with E-state index in [9.17, 15) is 34.5 Å². The van der Waals surface area contributed by atoms with Crippen LogP contribution in [-0.2, 0) is 30.3 Å². The fraction of sp³-hybridized carbons (Fsp3) is 0.447. The van der Waals surface area contributed by atoms with Gasteiger partial charge in [0.2, 0.25) is 17.3 Å². The first-order valence-electron chi connectivity index (χ1n) is 16.9. The maximum Gasteiger partial charge on any atom is 0.350 e. The molecule has 13 nitrogen and oxygen atoms in total. The van der Waals surface area contributed by atoms with E-state index in [-0.39, 0.29) is 65.8 Å². The third-order valence-electron chi connectivity index (χ3n) is 9.70. The third-order valence-corrected chi connectivity index (χ3v) is 9.70. The van der Waals surface area contributed by atoms with E-state index in [1.807, 2.05) is 34.6 Å². The minimum Gasteiger partial charge on any atom is -0.507 e. The molecule has 51 heavy (non-hydrogen) atoms. The number of nitrogens with zero attached hydrogens (tertiary/aromatic N) is 3. The van der Waals surface area contributed by atoms with Gasteiger partial charge in [-0.05, 0) is 96.7 Å². The lowest BCUT2D eigenvalue weighted by Crippen LogP contribution is -2.46. The van der Waals surface area contributed by atoms with Crippen molar-refractivity contribution in [3.63, 3.8) is 0 Å². The Morgan fingerprint density at radius 2 is 1.73 bits per heavy atom. The molecule has 0 fully saturated rings. The van der Waals surface area contributed by atoms with Gasteiger partial charge in [0, 0.05) is 36.7 Å². The molecule has 2 amide bonds. The molecule has 0 saturated carbocycles. The first-order chi connectivity index (χ1) is 23.8. The van der Waals surface area contributed by atoms with Crippen LogP contribution in [0.15, 0.2) is 40.2 Å². The second-order valence-corrected chi connectivity index (χ2v) is 14.4. The number of hydrogen-bond donors (Lipinski definition) is 4. The van der Waals surface area contributed by atoms with Crippen LogP contribution >= 0.6 is 0 Å². The van der Waals surface area contributed by atoms with E-state index in [4.69, 9.17) is 9.47 Å². The molecule has 3 aliphatic rings. The van der Waals surface area contributed by atoms with Crippen LogP contribution in [0.3, 0.4) is 0 Å². The van der Waals surface area contributed by atoms with Crippen molar-refractivity contribution in [1.82, 2.24) is 5.01 Å². The largest absolute Gasteiger partial charge is 0.507 e. The van der Waals surface area contributed by atoms with Crippen molar-refractivity contribution in [3.8, 4) is 11.5 Å². The third kappa shape index (κ3) is 6.58. The summed E-state index contributed by atoms with van der Waals surface area (Å²) in [6.07, 6.45) is 0.890. The maximum atomic E-state index is 13.5. The average molecular weight is 703 g/mol. The normalized spacial score (nSPS) is 20.1. The smallest absolute Gasteiger partial charge is 0.350 e. The molecule has 1 unspecified atom stereocenters. The quantitative estimate of drug-likeness (QED) is 0.214. The number of aliphatic hydroxyl groups is 2. The number of esters is 1. The molecule has 2 aromatic carbocycles. The van der Waals surface area contributed by atoms with E-state index in [2.05, 4.69) is 10.4 Å². The second kappa shape index (κ2) is 13.5. The Labute approximate surface area is 297 Å². The van der Waals surface area contributed by atoms with Crippen LogP contribution in [0, 0.1) is 20.8 Å². The van der Waals surface area contributed by atoms with Gasteiger partial charge < -0.3 is 35.0 Å². The van der Waals surface area contributed by atoms with E-state index in [1.54, 1.807) is 43.9 Å². The minimum absolute atomic E-state index is 0.0360. The van der Waals surface area contributed by atoms with E-state index in [0.717, 1.165) is 16.7 Å². The van der Waals surface area contributed by atoms with Gasteiger partial charge in [0.05, 0.1) is 46.8 Å². The minimum atomic E-state index is -1.24. The number of aliphatic hydroxyl groups excluding tert-OH is 2. The number of ether oxygens (including phenoxy) is 2. The zero-order valence-electron chi connectivity index (χ0n) is 30.6. The first kappa shape index (κ1) is 37.1.